The van der Waals surface area contributed by atoms with Gasteiger partial charge in [-0.05, 0) is 80.3 Å². The molecule has 2 unspecified atom stereocenters. The van der Waals surface area contributed by atoms with Gasteiger partial charge in [0.2, 0.25) is 0 Å². The average molecular weight is 458 g/mol. The van der Waals surface area contributed by atoms with E-state index >= 15 is 0 Å². The van der Waals surface area contributed by atoms with E-state index in [2.05, 4.69) is 42.5 Å². The third-order valence-corrected chi connectivity index (χ3v) is 6.43. The Hall–Kier alpha value is -1.94. The van der Waals surface area contributed by atoms with Crippen LogP contribution in [0, 0.1) is 19.7 Å². The van der Waals surface area contributed by atoms with Crippen LogP contribution in [-0.4, -0.2) is 16.7 Å². The van der Waals surface area contributed by atoms with E-state index in [0.717, 1.165) is 30.4 Å². The summed E-state index contributed by atoms with van der Waals surface area (Å²) in [4.78, 5) is 11.6. The Labute approximate surface area is 199 Å². The lowest BCUT2D eigenvalue weighted by atomic mass is 9.87. The number of rotatable bonds is 9. The maximum atomic E-state index is 13.8. The number of ketones is 1. The number of Topliss-reactive ketones (excluding diaryl/α,β-unsaturated/α-hetero) is 1. The van der Waals surface area contributed by atoms with Crippen molar-refractivity contribution in [1.29, 1.82) is 0 Å². The molecule has 0 aromatic heterocycles. The van der Waals surface area contributed by atoms with Crippen LogP contribution in [0.3, 0.4) is 0 Å². The van der Waals surface area contributed by atoms with Crippen molar-refractivity contribution >= 4 is 23.4 Å². The molecule has 1 aliphatic heterocycles. The van der Waals surface area contributed by atoms with Gasteiger partial charge in [0, 0.05) is 24.5 Å². The van der Waals surface area contributed by atoms with Crippen molar-refractivity contribution in [3.8, 4) is 0 Å². The Balaban J connectivity index is 0.000000330. The summed E-state index contributed by atoms with van der Waals surface area (Å²) >= 11 is 1.68. The number of halogens is 1. The maximum absolute atomic E-state index is 13.8. The number of allylic oxidation sites excluding steroid dienone is 6. The van der Waals surface area contributed by atoms with Crippen LogP contribution < -0.4 is 0 Å². The van der Waals surface area contributed by atoms with Crippen LogP contribution in [0.1, 0.15) is 89.3 Å². The summed E-state index contributed by atoms with van der Waals surface area (Å²) in [5, 5.41) is 0.629. The van der Waals surface area contributed by atoms with Crippen molar-refractivity contribution in [2.24, 2.45) is 4.40 Å². The SMILES string of the molecule is CC=C/C=C(\C=C/C)C1=NSC(C)C1.CCCC(CC(=O)CC)c1cc(C)c(C)c(F)c1. The summed E-state index contributed by atoms with van der Waals surface area (Å²) in [7, 11) is 0. The highest BCUT2D eigenvalue weighted by Crippen LogP contribution is 2.29. The molecule has 0 saturated heterocycles. The van der Waals surface area contributed by atoms with Crippen LogP contribution in [0.2, 0.25) is 0 Å². The van der Waals surface area contributed by atoms with Gasteiger partial charge >= 0.3 is 0 Å². The zero-order valence-electron chi connectivity index (χ0n) is 20.9. The van der Waals surface area contributed by atoms with E-state index in [9.17, 15) is 9.18 Å². The van der Waals surface area contributed by atoms with Gasteiger partial charge in [-0.1, -0.05) is 63.6 Å². The Bertz CT molecular complexity index is 843. The minimum Gasteiger partial charge on any atom is -0.300 e. The first-order chi connectivity index (χ1) is 15.3. The lowest BCUT2D eigenvalue weighted by Gasteiger charge is -2.17. The molecule has 0 spiro atoms. The highest BCUT2D eigenvalue weighted by atomic mass is 32.2. The summed E-state index contributed by atoms with van der Waals surface area (Å²) in [6.45, 7) is 14.0. The first-order valence-electron chi connectivity index (χ1n) is 11.7. The molecule has 1 heterocycles. The van der Waals surface area contributed by atoms with Crippen LogP contribution in [-0.2, 0) is 4.79 Å². The Kier molecular flexibility index (Phi) is 13.2. The molecule has 176 valence electrons. The lowest BCUT2D eigenvalue weighted by molar-refractivity contribution is -0.119. The summed E-state index contributed by atoms with van der Waals surface area (Å²) < 4.78 is 18.2. The van der Waals surface area contributed by atoms with Gasteiger partial charge in [0.25, 0.3) is 0 Å². The molecule has 1 aliphatic rings. The van der Waals surface area contributed by atoms with Crippen molar-refractivity contribution in [2.45, 2.75) is 91.7 Å². The van der Waals surface area contributed by atoms with Gasteiger partial charge in [0.1, 0.15) is 11.6 Å². The first-order valence-corrected chi connectivity index (χ1v) is 12.6. The Morgan fingerprint density at radius 1 is 1.25 bits per heavy atom. The standard InChI is InChI=1S/C16H23FO.C12H17NS/c1-5-7-13(9-15(18)6-2)14-8-11(3)12(4)16(17)10-14;1-4-6-8-11(7-5-2)12-9-10(3)14-13-12/h8,10,13H,5-7,9H2,1-4H3;4-8,10H,9H2,1-3H3/b;6-4?,7-5-,11-8+. The predicted molar refractivity (Wildman–Crippen MR) is 140 cm³/mol. The average Bonchev–Trinajstić information content (AvgIpc) is 3.20. The predicted octanol–water partition coefficient (Wildman–Crippen LogP) is 8.64. The van der Waals surface area contributed by atoms with E-state index in [1.165, 1.54) is 11.3 Å². The number of hydrogen-bond donors (Lipinski definition) is 0. The fourth-order valence-electron chi connectivity index (χ4n) is 3.53. The van der Waals surface area contributed by atoms with Crippen LogP contribution in [0.4, 0.5) is 4.39 Å². The highest BCUT2D eigenvalue weighted by molar-refractivity contribution is 7.99. The normalized spacial score (nSPS) is 17.4. The minimum atomic E-state index is -0.157. The van der Waals surface area contributed by atoms with Crippen molar-refractivity contribution in [3.05, 3.63) is 70.6 Å². The van der Waals surface area contributed by atoms with Gasteiger partial charge in [-0.3, -0.25) is 4.79 Å². The van der Waals surface area contributed by atoms with Crippen molar-refractivity contribution in [2.75, 3.05) is 0 Å². The molecule has 1 aromatic carbocycles. The van der Waals surface area contributed by atoms with E-state index < -0.39 is 0 Å². The molecule has 0 aliphatic carbocycles. The summed E-state index contributed by atoms with van der Waals surface area (Å²) in [6, 6.07) is 3.63. The quantitative estimate of drug-likeness (QED) is 0.274. The maximum Gasteiger partial charge on any atom is 0.133 e. The molecule has 4 heteroatoms. The molecular weight excluding hydrogens is 417 g/mol. The van der Waals surface area contributed by atoms with Crippen molar-refractivity contribution in [1.82, 2.24) is 0 Å². The molecule has 0 radical (unpaired) electrons. The number of carbonyl (C=O) groups is 1. The molecule has 2 atom stereocenters. The monoisotopic (exact) mass is 457 g/mol. The third kappa shape index (κ3) is 9.28. The summed E-state index contributed by atoms with van der Waals surface area (Å²) in [6.07, 6.45) is 14.5. The van der Waals surface area contributed by atoms with Gasteiger partial charge in [-0.25, -0.2) is 8.79 Å². The molecule has 32 heavy (non-hydrogen) atoms. The number of hydrogen-bond acceptors (Lipinski definition) is 3. The zero-order valence-corrected chi connectivity index (χ0v) is 21.7. The van der Waals surface area contributed by atoms with Crippen molar-refractivity contribution < 1.29 is 9.18 Å². The van der Waals surface area contributed by atoms with E-state index in [1.807, 2.05) is 39.8 Å². The second-order valence-corrected chi connectivity index (χ2v) is 9.53. The van der Waals surface area contributed by atoms with Crippen LogP contribution in [0.25, 0.3) is 0 Å². The fraction of sp³-hybridized carbons (Fsp3) is 0.500. The molecule has 2 nitrogen and oxygen atoms in total. The van der Waals surface area contributed by atoms with Gasteiger partial charge in [-0.2, -0.15) is 0 Å². The van der Waals surface area contributed by atoms with Gasteiger partial charge in [0.05, 0.1) is 5.71 Å². The molecule has 0 amide bonds. The largest absolute Gasteiger partial charge is 0.300 e. The first kappa shape index (κ1) is 28.1. The highest BCUT2D eigenvalue weighted by Gasteiger charge is 2.17. The van der Waals surface area contributed by atoms with Crippen molar-refractivity contribution in [3.63, 3.8) is 0 Å². The number of nitrogens with zero attached hydrogens (tertiary/aromatic N) is 1. The molecular formula is C28H40FNOS. The van der Waals surface area contributed by atoms with E-state index in [4.69, 9.17) is 0 Å². The molecule has 0 bridgehead atoms. The van der Waals surface area contributed by atoms with Crippen LogP contribution in [0.5, 0.6) is 0 Å². The fourth-order valence-corrected chi connectivity index (χ4v) is 4.25. The topological polar surface area (TPSA) is 29.4 Å². The van der Waals surface area contributed by atoms with Crippen LogP contribution >= 0.6 is 11.9 Å². The van der Waals surface area contributed by atoms with Gasteiger partial charge in [0.15, 0.2) is 0 Å². The summed E-state index contributed by atoms with van der Waals surface area (Å²) in [5.74, 6) is 0.262. The molecule has 0 saturated carbocycles. The molecule has 1 aromatic rings. The van der Waals surface area contributed by atoms with E-state index in [-0.39, 0.29) is 17.5 Å². The summed E-state index contributed by atoms with van der Waals surface area (Å²) in [5.41, 5.74) is 5.10. The second-order valence-electron chi connectivity index (χ2n) is 8.33. The zero-order chi connectivity index (χ0) is 24.1. The number of carbonyl (C=O) groups excluding carboxylic acids is 1. The molecule has 0 fully saturated rings. The van der Waals surface area contributed by atoms with Gasteiger partial charge in [-0.15, -0.1) is 0 Å². The number of aryl methyl sites for hydroxylation is 1. The Morgan fingerprint density at radius 2 is 1.97 bits per heavy atom. The van der Waals surface area contributed by atoms with E-state index in [1.54, 1.807) is 24.9 Å². The third-order valence-electron chi connectivity index (χ3n) is 5.57. The number of benzene rings is 1. The smallest absolute Gasteiger partial charge is 0.133 e. The van der Waals surface area contributed by atoms with E-state index in [0.29, 0.717) is 23.7 Å². The second kappa shape index (κ2) is 15.0. The lowest BCUT2D eigenvalue weighted by Crippen LogP contribution is -2.07. The van der Waals surface area contributed by atoms with Gasteiger partial charge < -0.3 is 0 Å². The van der Waals surface area contributed by atoms with Crippen LogP contribution in [0.15, 0.2) is 52.5 Å². The Morgan fingerprint density at radius 3 is 2.47 bits per heavy atom. The molecule has 2 rings (SSSR count). The molecule has 0 N–H and O–H groups in total. The minimum absolute atomic E-state index is 0.157.